The molecule has 0 radical (unpaired) electrons. The van der Waals surface area contributed by atoms with E-state index in [1.54, 1.807) is 0 Å². The van der Waals surface area contributed by atoms with Crippen LogP contribution in [0.15, 0.2) is 60.7 Å². The van der Waals surface area contributed by atoms with Gasteiger partial charge in [-0.3, -0.25) is 0 Å². The van der Waals surface area contributed by atoms with Crippen LogP contribution in [0, 0.1) is 11.3 Å². The van der Waals surface area contributed by atoms with E-state index in [1.807, 2.05) is 67.6 Å². The van der Waals surface area contributed by atoms with Gasteiger partial charge in [-0.05, 0) is 51.8 Å². The van der Waals surface area contributed by atoms with Crippen molar-refractivity contribution >= 4 is 16.6 Å². The van der Waals surface area contributed by atoms with Crippen molar-refractivity contribution in [2.45, 2.75) is 57.4 Å². The van der Waals surface area contributed by atoms with Crippen LogP contribution >= 0.6 is 0 Å². The highest BCUT2D eigenvalue weighted by atomic mass is 28.4. The molecule has 0 saturated carbocycles. The van der Waals surface area contributed by atoms with Gasteiger partial charge in [0.1, 0.15) is 11.7 Å². The van der Waals surface area contributed by atoms with Crippen LogP contribution in [0.1, 0.15) is 18.1 Å². The van der Waals surface area contributed by atoms with Crippen molar-refractivity contribution in [3.8, 4) is 6.07 Å². The first kappa shape index (κ1) is 21.6. The highest BCUT2D eigenvalue weighted by Gasteiger charge is 2.56. The van der Waals surface area contributed by atoms with E-state index in [4.69, 9.17) is 8.85 Å². The van der Waals surface area contributed by atoms with Crippen molar-refractivity contribution < 1.29 is 8.85 Å². The largest absolute Gasteiger partial charge is 0.404 e. The van der Waals surface area contributed by atoms with E-state index in [0.717, 1.165) is 11.1 Å². The predicted molar refractivity (Wildman–Crippen MR) is 116 cm³/mol. The second-order valence-electron chi connectivity index (χ2n) is 8.99. The number of nitrogens with zero attached hydrogens (tertiary/aromatic N) is 1. The van der Waals surface area contributed by atoms with Crippen LogP contribution in [0.4, 0.5) is 0 Å². The Kier molecular flexibility index (Phi) is 6.17. The molecule has 144 valence electrons. The Bertz CT molecular complexity index is 791. The second-order valence-corrected chi connectivity index (χ2v) is 17.8. The number of rotatable bonds is 7. The molecule has 5 heteroatoms. The molecule has 2 unspecified atom stereocenters. The lowest BCUT2D eigenvalue weighted by Crippen LogP contribution is -2.57. The zero-order valence-electron chi connectivity index (χ0n) is 17.5. The van der Waals surface area contributed by atoms with Crippen molar-refractivity contribution in [1.82, 2.24) is 0 Å². The molecule has 0 aliphatic heterocycles. The minimum Gasteiger partial charge on any atom is -0.404 e. The maximum Gasteiger partial charge on any atom is 0.202 e. The maximum atomic E-state index is 10.6. The molecule has 0 aliphatic rings. The van der Waals surface area contributed by atoms with E-state index >= 15 is 0 Å². The number of nitriles is 1. The Morgan fingerprint density at radius 2 is 1.11 bits per heavy atom. The molecular formula is C22H31NO2Si2. The van der Waals surface area contributed by atoms with E-state index in [2.05, 4.69) is 45.4 Å². The van der Waals surface area contributed by atoms with Gasteiger partial charge >= 0.3 is 0 Å². The molecule has 0 heterocycles. The predicted octanol–water partition coefficient (Wildman–Crippen LogP) is 6.02. The van der Waals surface area contributed by atoms with Gasteiger partial charge in [-0.2, -0.15) is 5.26 Å². The second kappa shape index (κ2) is 7.72. The summed E-state index contributed by atoms with van der Waals surface area (Å²) in [5.74, 6) is 0. The van der Waals surface area contributed by atoms with Gasteiger partial charge in [-0.25, -0.2) is 0 Å². The van der Waals surface area contributed by atoms with Gasteiger partial charge in [0, 0.05) is 5.56 Å². The van der Waals surface area contributed by atoms with Crippen LogP contribution in [0.25, 0.3) is 0 Å². The molecule has 2 aromatic carbocycles. The van der Waals surface area contributed by atoms with Crippen molar-refractivity contribution in [3.05, 3.63) is 71.8 Å². The molecule has 0 aliphatic carbocycles. The van der Waals surface area contributed by atoms with E-state index < -0.39 is 27.8 Å². The molecule has 0 amide bonds. The highest BCUT2D eigenvalue weighted by molar-refractivity contribution is 6.70. The van der Waals surface area contributed by atoms with Crippen LogP contribution in [-0.2, 0) is 20.1 Å². The molecule has 0 spiro atoms. The number of hydrogen-bond donors (Lipinski definition) is 0. The summed E-state index contributed by atoms with van der Waals surface area (Å²) in [5, 5.41) is 10.6. The third kappa shape index (κ3) is 4.77. The molecule has 27 heavy (non-hydrogen) atoms. The minimum atomic E-state index is -2.10. The molecular weight excluding hydrogens is 366 g/mol. The van der Waals surface area contributed by atoms with Gasteiger partial charge in [0.15, 0.2) is 16.6 Å². The van der Waals surface area contributed by atoms with Crippen molar-refractivity contribution in [2.75, 3.05) is 0 Å². The Balaban J connectivity index is 2.84. The number of hydrogen-bond acceptors (Lipinski definition) is 3. The van der Waals surface area contributed by atoms with Crippen molar-refractivity contribution in [1.29, 1.82) is 5.26 Å². The summed E-state index contributed by atoms with van der Waals surface area (Å²) in [6.07, 6.45) is 0. The smallest absolute Gasteiger partial charge is 0.202 e. The molecule has 2 aromatic rings. The molecule has 0 saturated heterocycles. The summed E-state index contributed by atoms with van der Waals surface area (Å²) in [6.45, 7) is 14.8. The lowest BCUT2D eigenvalue weighted by atomic mass is 9.75. The van der Waals surface area contributed by atoms with Crippen LogP contribution in [0.3, 0.4) is 0 Å². The lowest BCUT2D eigenvalue weighted by Gasteiger charge is -2.49. The summed E-state index contributed by atoms with van der Waals surface area (Å²) < 4.78 is 13.5. The topological polar surface area (TPSA) is 42.2 Å². The fourth-order valence-corrected chi connectivity index (χ4v) is 6.22. The van der Waals surface area contributed by atoms with Crippen molar-refractivity contribution in [2.24, 2.45) is 0 Å². The minimum absolute atomic E-state index is 0.833. The van der Waals surface area contributed by atoms with Gasteiger partial charge in [0.2, 0.25) is 5.60 Å². The maximum absolute atomic E-state index is 10.6. The Labute approximate surface area is 166 Å². The van der Waals surface area contributed by atoms with Crippen LogP contribution in [0.2, 0.25) is 39.3 Å². The molecule has 2 atom stereocenters. The van der Waals surface area contributed by atoms with E-state index in [9.17, 15) is 5.26 Å². The average molecular weight is 398 g/mol. The molecule has 2 rings (SSSR count). The molecule has 3 nitrogen and oxygen atoms in total. The number of benzene rings is 2. The molecule has 0 fully saturated rings. The zero-order valence-corrected chi connectivity index (χ0v) is 19.5. The first-order valence-electron chi connectivity index (χ1n) is 9.36. The van der Waals surface area contributed by atoms with Crippen LogP contribution < -0.4 is 0 Å². The Morgan fingerprint density at radius 3 is 1.48 bits per heavy atom. The SMILES string of the molecule is CC(O[Si](C)(C)C)(c1ccccc1)C(C#N)(O[Si](C)(C)C)c1ccccc1. The third-order valence-corrected chi connectivity index (χ3v) is 6.24. The van der Waals surface area contributed by atoms with Gasteiger partial charge in [0.05, 0.1) is 0 Å². The van der Waals surface area contributed by atoms with Gasteiger partial charge < -0.3 is 8.85 Å². The quantitative estimate of drug-likeness (QED) is 0.536. The van der Waals surface area contributed by atoms with Gasteiger partial charge in [0.25, 0.3) is 0 Å². The zero-order chi connectivity index (χ0) is 20.3. The Hall–Kier alpha value is -1.72. The fourth-order valence-electron chi connectivity index (χ4n) is 3.46. The summed E-state index contributed by atoms with van der Waals surface area (Å²) in [4.78, 5) is 0. The molecule has 0 bridgehead atoms. The summed E-state index contributed by atoms with van der Waals surface area (Å²) >= 11 is 0. The summed E-state index contributed by atoms with van der Waals surface area (Å²) in [7, 11) is -4.13. The first-order chi connectivity index (χ1) is 12.4. The van der Waals surface area contributed by atoms with Gasteiger partial charge in [-0.1, -0.05) is 60.7 Å². The standard InChI is InChI=1S/C22H31NO2Si2/c1-21(24-26(2,3)4,19-14-10-8-11-15-19)22(18-23,25-27(5,6)7)20-16-12-9-13-17-20/h8-17H,1-7H3. The average Bonchev–Trinajstić information content (AvgIpc) is 2.59. The summed E-state index contributed by atoms with van der Waals surface area (Å²) in [6, 6.07) is 22.4. The van der Waals surface area contributed by atoms with Crippen molar-refractivity contribution in [3.63, 3.8) is 0 Å². The van der Waals surface area contributed by atoms with Crippen LogP contribution in [-0.4, -0.2) is 16.6 Å². The van der Waals surface area contributed by atoms with Gasteiger partial charge in [-0.15, -0.1) is 0 Å². The van der Waals surface area contributed by atoms with Crippen LogP contribution in [0.5, 0.6) is 0 Å². The highest BCUT2D eigenvalue weighted by Crippen LogP contribution is 2.48. The normalized spacial score (nSPS) is 16.8. The molecule has 0 aromatic heterocycles. The summed E-state index contributed by atoms with van der Waals surface area (Å²) in [5.41, 5.74) is -0.384. The van der Waals surface area contributed by atoms with E-state index in [-0.39, 0.29) is 0 Å². The molecule has 0 N–H and O–H groups in total. The van der Waals surface area contributed by atoms with E-state index in [1.165, 1.54) is 0 Å². The van der Waals surface area contributed by atoms with E-state index in [0.29, 0.717) is 0 Å². The lowest BCUT2D eigenvalue weighted by molar-refractivity contribution is -0.0933. The first-order valence-corrected chi connectivity index (χ1v) is 16.2. The monoisotopic (exact) mass is 397 g/mol. The third-order valence-electron chi connectivity index (χ3n) is 4.30. The Morgan fingerprint density at radius 1 is 0.704 bits per heavy atom. The fraction of sp³-hybridized carbons (Fsp3) is 0.409.